The Morgan fingerprint density at radius 1 is 0.982 bits per heavy atom. The summed E-state index contributed by atoms with van der Waals surface area (Å²) in [7, 11) is -4.92. The molecule has 0 saturated carbocycles. The molecule has 0 spiro atoms. The second-order valence-electron chi connectivity index (χ2n) is 14.3. The molecule has 0 amide bonds. The highest BCUT2D eigenvalue weighted by Crippen LogP contribution is 2.47. The number of unbranched alkanes of at least 4 members (excludes halogenated alkanes) is 13. The molecule has 0 radical (unpaired) electrons. The van der Waals surface area contributed by atoms with Crippen molar-refractivity contribution in [1.82, 2.24) is 14.6 Å². The SMILES string of the molecule is CCCCCCCCCCCCCCCCOC[C@H](COP(=O)(O)OC[C@@]1(C#N)O[C@@H](c2ccc3c(N)ncnn23)[C@H](O)[C@@H]1O)OCc1cc(F)cc(C#N)c1. The summed E-state index contributed by atoms with van der Waals surface area (Å²) in [4.78, 5) is 14.5. The summed E-state index contributed by atoms with van der Waals surface area (Å²) in [6, 6.07) is 10.5. The van der Waals surface area contributed by atoms with Crippen LogP contribution in [0.15, 0.2) is 36.7 Å². The van der Waals surface area contributed by atoms with Crippen LogP contribution in [-0.2, 0) is 34.4 Å². The van der Waals surface area contributed by atoms with E-state index in [0.29, 0.717) is 17.7 Å². The van der Waals surface area contributed by atoms with Gasteiger partial charge in [0.15, 0.2) is 5.82 Å². The summed E-state index contributed by atoms with van der Waals surface area (Å²) in [5, 5.41) is 45.1. The van der Waals surface area contributed by atoms with Gasteiger partial charge in [0.25, 0.3) is 0 Å². The highest BCUT2D eigenvalue weighted by molar-refractivity contribution is 7.47. The number of hydrogen-bond donors (Lipinski definition) is 4. The number of ether oxygens (including phenoxy) is 3. The van der Waals surface area contributed by atoms with Crippen molar-refractivity contribution in [2.75, 3.05) is 32.2 Å². The van der Waals surface area contributed by atoms with Crippen LogP contribution in [0, 0.1) is 28.5 Å². The molecule has 1 aliphatic rings. The summed E-state index contributed by atoms with van der Waals surface area (Å²) in [5.74, 6) is -0.465. The Kier molecular flexibility index (Phi) is 18.6. The van der Waals surface area contributed by atoms with Crippen LogP contribution >= 0.6 is 7.82 Å². The summed E-state index contributed by atoms with van der Waals surface area (Å²) in [5.41, 5.74) is 4.74. The maximum absolute atomic E-state index is 14.1. The number of fused-ring (bicyclic) bond motifs is 1. The number of rotatable bonds is 27. The Morgan fingerprint density at radius 2 is 1.64 bits per heavy atom. The molecule has 1 saturated heterocycles. The van der Waals surface area contributed by atoms with E-state index in [1.165, 1.54) is 99.7 Å². The van der Waals surface area contributed by atoms with Gasteiger partial charge in [-0.05, 0) is 42.3 Å². The van der Waals surface area contributed by atoms with E-state index in [-0.39, 0.29) is 30.3 Å². The number of hydrogen-bond acceptors (Lipinski definition) is 13. The lowest BCUT2D eigenvalue weighted by Crippen LogP contribution is -2.45. The average molecular weight is 803 g/mol. The third kappa shape index (κ3) is 13.5. The molecule has 308 valence electrons. The lowest BCUT2D eigenvalue weighted by atomic mass is 9.96. The molecule has 1 fully saturated rings. The molecule has 3 heterocycles. The van der Waals surface area contributed by atoms with Gasteiger partial charge in [-0.1, -0.05) is 90.4 Å². The molecule has 15 nitrogen and oxygen atoms in total. The number of halogens is 1. The largest absolute Gasteiger partial charge is 0.472 e. The van der Waals surface area contributed by atoms with Gasteiger partial charge in [-0.25, -0.2) is 18.5 Å². The minimum absolute atomic E-state index is 0.0317. The van der Waals surface area contributed by atoms with E-state index >= 15 is 0 Å². The van der Waals surface area contributed by atoms with Gasteiger partial charge in [-0.3, -0.25) is 9.05 Å². The van der Waals surface area contributed by atoms with E-state index in [9.17, 15) is 34.6 Å². The summed E-state index contributed by atoms with van der Waals surface area (Å²) in [6.45, 7) is 1.02. The van der Waals surface area contributed by atoms with Crippen molar-refractivity contribution in [3.63, 3.8) is 0 Å². The zero-order chi connectivity index (χ0) is 40.4. The number of phosphoric ester groups is 1. The molecule has 3 aromatic rings. The molecule has 6 atom stereocenters. The number of nitrogens with zero attached hydrogens (tertiary/aromatic N) is 5. The molecule has 4 rings (SSSR count). The summed E-state index contributed by atoms with van der Waals surface area (Å²) in [6.07, 6.45) is 12.6. The van der Waals surface area contributed by atoms with Crippen molar-refractivity contribution < 1.29 is 47.3 Å². The quantitative estimate of drug-likeness (QED) is 0.0471. The monoisotopic (exact) mass is 802 g/mol. The van der Waals surface area contributed by atoms with Crippen molar-refractivity contribution >= 4 is 19.2 Å². The molecular weight excluding hydrogens is 746 g/mol. The number of benzene rings is 1. The molecule has 1 aliphatic heterocycles. The highest BCUT2D eigenvalue weighted by Gasteiger charge is 2.57. The van der Waals surface area contributed by atoms with Gasteiger partial charge in [-0.15, -0.1) is 0 Å². The van der Waals surface area contributed by atoms with E-state index < -0.39 is 56.9 Å². The standard InChI is InChI=1S/C39H56FN6O9P/c1-2-3-4-5-6-7-8-9-10-11-12-13-14-15-18-51-24-32(52-23-30-19-29(22-41)20-31(40)21-30)25-53-56(49,50)54-27-39(26-42)37(48)35(47)36(55-39)33-16-17-34-38(43)44-28-45-46(33)34/h16-17,19-21,28,32,35-37,47-48H,2-15,18,23-25,27H2,1H3,(H,49,50)(H2,43,44,45)/t32-,35+,36+,37+,39-/m1/s1. The van der Waals surface area contributed by atoms with Crippen molar-refractivity contribution in [3.05, 3.63) is 59.3 Å². The number of nitrogens with two attached hydrogens (primary N) is 1. The maximum Gasteiger partial charge on any atom is 0.472 e. The van der Waals surface area contributed by atoms with Crippen LogP contribution in [0.5, 0.6) is 0 Å². The number of aromatic nitrogens is 3. The third-order valence-corrected chi connectivity index (χ3v) is 10.8. The van der Waals surface area contributed by atoms with Gasteiger partial charge < -0.3 is 35.1 Å². The molecule has 5 N–H and O–H groups in total. The maximum atomic E-state index is 14.1. The van der Waals surface area contributed by atoms with Crippen LogP contribution in [0.2, 0.25) is 0 Å². The lowest BCUT2D eigenvalue weighted by molar-refractivity contribution is -0.0790. The first kappa shape index (κ1) is 45.2. The number of aliphatic hydroxyl groups excluding tert-OH is 2. The van der Waals surface area contributed by atoms with E-state index in [0.717, 1.165) is 25.3 Å². The van der Waals surface area contributed by atoms with Gasteiger partial charge in [0.2, 0.25) is 5.60 Å². The first-order valence-electron chi connectivity index (χ1n) is 19.6. The third-order valence-electron chi connectivity index (χ3n) is 9.82. The van der Waals surface area contributed by atoms with Crippen LogP contribution in [0.3, 0.4) is 0 Å². The average Bonchev–Trinajstić information content (AvgIpc) is 3.73. The second-order valence-corrected chi connectivity index (χ2v) is 15.7. The van der Waals surface area contributed by atoms with Crippen LogP contribution < -0.4 is 5.73 Å². The molecule has 56 heavy (non-hydrogen) atoms. The Hall–Kier alpha value is -3.54. The van der Waals surface area contributed by atoms with E-state index in [2.05, 4.69) is 17.0 Å². The number of phosphoric acid groups is 1. The van der Waals surface area contributed by atoms with Crippen LogP contribution in [0.25, 0.3) is 5.52 Å². The number of nitrogen functional groups attached to an aromatic ring is 1. The highest BCUT2D eigenvalue weighted by atomic mass is 31.2. The lowest BCUT2D eigenvalue weighted by Gasteiger charge is -2.26. The molecule has 17 heteroatoms. The van der Waals surface area contributed by atoms with Crippen molar-refractivity contribution in [2.24, 2.45) is 0 Å². The predicted octanol–water partition coefficient (Wildman–Crippen LogP) is 6.59. The zero-order valence-electron chi connectivity index (χ0n) is 32.1. The Balaban J connectivity index is 1.24. The van der Waals surface area contributed by atoms with Gasteiger partial charge in [0.1, 0.15) is 54.8 Å². The number of aliphatic hydroxyl groups is 2. The molecule has 2 aromatic heterocycles. The first-order valence-corrected chi connectivity index (χ1v) is 21.1. The molecule has 1 aromatic carbocycles. The topological polar surface area (TPSA) is 228 Å². The fraction of sp³-hybridized carbons (Fsp3) is 0.641. The molecule has 1 unspecified atom stereocenters. The minimum atomic E-state index is -4.92. The van der Waals surface area contributed by atoms with Crippen LogP contribution in [0.4, 0.5) is 10.2 Å². The predicted molar refractivity (Wildman–Crippen MR) is 204 cm³/mol. The van der Waals surface area contributed by atoms with Crippen molar-refractivity contribution in [2.45, 2.75) is 133 Å². The van der Waals surface area contributed by atoms with Gasteiger partial charge in [0, 0.05) is 6.61 Å². The van der Waals surface area contributed by atoms with Gasteiger partial charge in [-0.2, -0.15) is 15.6 Å². The van der Waals surface area contributed by atoms with Crippen LogP contribution in [0.1, 0.15) is 120 Å². The fourth-order valence-electron chi connectivity index (χ4n) is 6.64. The van der Waals surface area contributed by atoms with E-state index in [4.69, 9.17) is 29.0 Å². The molecule has 0 aliphatic carbocycles. The minimum Gasteiger partial charge on any atom is -0.387 e. The summed E-state index contributed by atoms with van der Waals surface area (Å²) >= 11 is 0. The Labute approximate surface area is 328 Å². The van der Waals surface area contributed by atoms with E-state index in [1.54, 1.807) is 12.1 Å². The first-order chi connectivity index (χ1) is 27.0. The Morgan fingerprint density at radius 3 is 2.29 bits per heavy atom. The smallest absolute Gasteiger partial charge is 0.387 e. The van der Waals surface area contributed by atoms with Crippen molar-refractivity contribution in [1.29, 1.82) is 10.5 Å². The number of anilines is 1. The van der Waals surface area contributed by atoms with Crippen LogP contribution in [-0.4, -0.2) is 80.0 Å². The van der Waals surface area contributed by atoms with Gasteiger partial charge in [0.05, 0.1) is 37.1 Å². The second kappa shape index (κ2) is 23.0. The molecule has 0 bridgehead atoms. The Bertz CT molecular complexity index is 1790. The summed E-state index contributed by atoms with van der Waals surface area (Å²) < 4.78 is 56.3. The van der Waals surface area contributed by atoms with Crippen molar-refractivity contribution in [3.8, 4) is 12.1 Å². The fourth-order valence-corrected chi connectivity index (χ4v) is 7.42. The van der Waals surface area contributed by atoms with Gasteiger partial charge >= 0.3 is 7.82 Å². The zero-order valence-corrected chi connectivity index (χ0v) is 33.0. The van der Waals surface area contributed by atoms with E-state index in [1.807, 2.05) is 6.07 Å². The molecular formula is C39H56FN6O9P. The number of nitriles is 2. The normalized spacial score (nSPS) is 21.2.